The number of pyridine rings is 1. The van der Waals surface area contributed by atoms with Gasteiger partial charge in [0, 0.05) is 11.8 Å². The van der Waals surface area contributed by atoms with E-state index >= 15 is 0 Å². The number of allylic oxidation sites excluding steroid dienone is 1. The van der Waals surface area contributed by atoms with Crippen molar-refractivity contribution < 1.29 is 8.78 Å². The van der Waals surface area contributed by atoms with Crippen LogP contribution in [0, 0.1) is 23.0 Å². The van der Waals surface area contributed by atoms with Gasteiger partial charge in [-0.1, -0.05) is 18.2 Å². The molecular formula is C14H8F2N2. The quantitative estimate of drug-likeness (QED) is 0.756. The van der Waals surface area contributed by atoms with Crippen LogP contribution in [0.5, 0.6) is 0 Å². The Morgan fingerprint density at radius 3 is 2.67 bits per heavy atom. The van der Waals surface area contributed by atoms with Crippen LogP contribution in [-0.4, -0.2) is 4.98 Å². The Kier molecular flexibility index (Phi) is 3.44. The van der Waals surface area contributed by atoms with E-state index in [0.717, 1.165) is 6.07 Å². The standard InChI is InChI=1S/C14H8F2N2/c15-12-5-3-4-10(14(12)16)8-11(9-17)13-6-1-2-7-18-13/h1-8H/b11-8-. The highest BCUT2D eigenvalue weighted by Crippen LogP contribution is 2.19. The maximum Gasteiger partial charge on any atom is 0.166 e. The molecule has 0 radical (unpaired) electrons. The maximum absolute atomic E-state index is 13.5. The van der Waals surface area contributed by atoms with Crippen LogP contribution < -0.4 is 0 Å². The van der Waals surface area contributed by atoms with Gasteiger partial charge in [0.25, 0.3) is 0 Å². The molecule has 18 heavy (non-hydrogen) atoms. The van der Waals surface area contributed by atoms with E-state index in [1.807, 2.05) is 6.07 Å². The first-order valence-electron chi connectivity index (χ1n) is 5.19. The first kappa shape index (κ1) is 11.9. The van der Waals surface area contributed by atoms with Gasteiger partial charge in [-0.25, -0.2) is 8.78 Å². The number of nitriles is 1. The zero-order chi connectivity index (χ0) is 13.0. The summed E-state index contributed by atoms with van der Waals surface area (Å²) < 4.78 is 26.5. The zero-order valence-corrected chi connectivity index (χ0v) is 9.27. The number of hydrogen-bond donors (Lipinski definition) is 0. The SMILES string of the molecule is N#C/C(=C/c1cccc(F)c1F)c1ccccn1. The third-order valence-electron chi connectivity index (χ3n) is 2.34. The number of halogens is 2. The van der Waals surface area contributed by atoms with E-state index in [1.165, 1.54) is 24.4 Å². The van der Waals surface area contributed by atoms with E-state index in [2.05, 4.69) is 4.98 Å². The highest BCUT2D eigenvalue weighted by molar-refractivity contribution is 5.88. The van der Waals surface area contributed by atoms with Gasteiger partial charge >= 0.3 is 0 Å². The Labute approximate surface area is 103 Å². The first-order valence-corrected chi connectivity index (χ1v) is 5.19. The molecule has 0 fully saturated rings. The van der Waals surface area contributed by atoms with E-state index in [1.54, 1.807) is 18.2 Å². The number of hydrogen-bond acceptors (Lipinski definition) is 2. The zero-order valence-electron chi connectivity index (χ0n) is 9.27. The Hall–Kier alpha value is -2.54. The maximum atomic E-state index is 13.5. The van der Waals surface area contributed by atoms with Gasteiger partial charge in [0.05, 0.1) is 11.3 Å². The van der Waals surface area contributed by atoms with Gasteiger partial charge < -0.3 is 0 Å². The topological polar surface area (TPSA) is 36.7 Å². The average Bonchev–Trinajstić information content (AvgIpc) is 2.41. The number of rotatable bonds is 2. The van der Waals surface area contributed by atoms with Crippen LogP contribution in [0.2, 0.25) is 0 Å². The predicted octanol–water partition coefficient (Wildman–Crippen LogP) is 3.42. The van der Waals surface area contributed by atoms with Gasteiger partial charge in [-0.2, -0.15) is 5.26 Å². The highest BCUT2D eigenvalue weighted by Gasteiger charge is 2.08. The smallest absolute Gasteiger partial charge is 0.166 e. The number of aromatic nitrogens is 1. The van der Waals surface area contributed by atoms with Gasteiger partial charge in [0.2, 0.25) is 0 Å². The third-order valence-corrected chi connectivity index (χ3v) is 2.34. The summed E-state index contributed by atoms with van der Waals surface area (Å²) in [6.45, 7) is 0. The Morgan fingerprint density at radius 1 is 1.17 bits per heavy atom. The molecular weight excluding hydrogens is 234 g/mol. The van der Waals surface area contributed by atoms with Gasteiger partial charge in [-0.3, -0.25) is 4.98 Å². The van der Waals surface area contributed by atoms with Crippen LogP contribution in [0.3, 0.4) is 0 Å². The Morgan fingerprint density at radius 2 is 2.00 bits per heavy atom. The van der Waals surface area contributed by atoms with Crippen molar-refractivity contribution in [1.82, 2.24) is 4.98 Å². The van der Waals surface area contributed by atoms with Crippen molar-refractivity contribution in [2.75, 3.05) is 0 Å². The van der Waals surface area contributed by atoms with E-state index < -0.39 is 11.6 Å². The van der Waals surface area contributed by atoms with Crippen molar-refractivity contribution in [2.45, 2.75) is 0 Å². The predicted molar refractivity (Wildman–Crippen MR) is 64.1 cm³/mol. The van der Waals surface area contributed by atoms with Crippen LogP contribution in [0.15, 0.2) is 42.6 Å². The minimum absolute atomic E-state index is 0.0252. The van der Waals surface area contributed by atoms with Crippen LogP contribution in [0.4, 0.5) is 8.78 Å². The molecule has 0 amide bonds. The van der Waals surface area contributed by atoms with Crippen molar-refractivity contribution in [1.29, 1.82) is 5.26 Å². The van der Waals surface area contributed by atoms with Gasteiger partial charge in [-0.15, -0.1) is 0 Å². The summed E-state index contributed by atoms with van der Waals surface area (Å²) in [6.07, 6.45) is 2.81. The molecule has 0 unspecified atom stereocenters. The summed E-state index contributed by atoms with van der Waals surface area (Å²) in [7, 11) is 0. The van der Waals surface area contributed by atoms with Crippen LogP contribution in [0.25, 0.3) is 11.6 Å². The first-order chi connectivity index (χ1) is 8.72. The second kappa shape index (κ2) is 5.19. The third kappa shape index (κ3) is 2.41. The minimum Gasteiger partial charge on any atom is -0.256 e. The van der Waals surface area contributed by atoms with E-state index in [9.17, 15) is 8.78 Å². The van der Waals surface area contributed by atoms with Crippen molar-refractivity contribution in [3.63, 3.8) is 0 Å². The van der Waals surface area contributed by atoms with E-state index in [0.29, 0.717) is 5.69 Å². The molecule has 2 aromatic rings. The van der Waals surface area contributed by atoms with Crippen LogP contribution >= 0.6 is 0 Å². The fraction of sp³-hybridized carbons (Fsp3) is 0. The normalized spacial score (nSPS) is 11.1. The second-order valence-corrected chi connectivity index (χ2v) is 3.53. The lowest BCUT2D eigenvalue weighted by Crippen LogP contribution is -1.90. The van der Waals surface area contributed by atoms with Crippen LogP contribution in [0.1, 0.15) is 11.3 Å². The monoisotopic (exact) mass is 242 g/mol. The Bertz CT molecular complexity index is 628. The van der Waals surface area contributed by atoms with E-state index in [4.69, 9.17) is 5.26 Å². The minimum atomic E-state index is -0.971. The molecule has 0 aliphatic carbocycles. The summed E-state index contributed by atoms with van der Waals surface area (Å²) >= 11 is 0. The molecule has 0 saturated heterocycles. The van der Waals surface area contributed by atoms with Crippen LogP contribution in [-0.2, 0) is 0 Å². The molecule has 0 N–H and O–H groups in total. The molecule has 1 aromatic carbocycles. The molecule has 1 heterocycles. The van der Waals surface area contributed by atoms with Gasteiger partial charge in [0.1, 0.15) is 6.07 Å². The molecule has 2 nitrogen and oxygen atoms in total. The summed E-state index contributed by atoms with van der Waals surface area (Å²) in [6, 6.07) is 10.8. The van der Waals surface area contributed by atoms with Crippen molar-refractivity contribution >= 4 is 11.6 Å². The molecule has 0 aliphatic heterocycles. The molecule has 0 spiro atoms. The van der Waals surface area contributed by atoms with Crippen molar-refractivity contribution in [2.24, 2.45) is 0 Å². The van der Waals surface area contributed by atoms with Crippen molar-refractivity contribution in [3.05, 3.63) is 65.5 Å². The number of nitrogens with zero attached hydrogens (tertiary/aromatic N) is 2. The molecule has 0 atom stereocenters. The van der Waals surface area contributed by atoms with E-state index in [-0.39, 0.29) is 11.1 Å². The molecule has 0 bridgehead atoms. The lowest BCUT2D eigenvalue weighted by atomic mass is 10.1. The largest absolute Gasteiger partial charge is 0.256 e. The van der Waals surface area contributed by atoms with Gasteiger partial charge in [0.15, 0.2) is 11.6 Å². The lowest BCUT2D eigenvalue weighted by molar-refractivity contribution is 0.507. The fourth-order valence-electron chi connectivity index (χ4n) is 1.47. The van der Waals surface area contributed by atoms with Crippen molar-refractivity contribution in [3.8, 4) is 6.07 Å². The highest BCUT2D eigenvalue weighted by atomic mass is 19.2. The molecule has 0 saturated carbocycles. The second-order valence-electron chi connectivity index (χ2n) is 3.53. The molecule has 88 valence electrons. The summed E-state index contributed by atoms with van der Waals surface area (Å²) in [5, 5.41) is 9.03. The molecule has 4 heteroatoms. The number of benzene rings is 1. The summed E-state index contributed by atoms with van der Waals surface area (Å²) in [5.74, 6) is -1.91. The fourth-order valence-corrected chi connectivity index (χ4v) is 1.47. The lowest BCUT2D eigenvalue weighted by Gasteiger charge is -2.00. The Balaban J connectivity index is 2.49. The molecule has 0 aliphatic rings. The summed E-state index contributed by atoms with van der Waals surface area (Å²) in [5.41, 5.74) is 0.626. The summed E-state index contributed by atoms with van der Waals surface area (Å²) in [4.78, 5) is 3.99. The van der Waals surface area contributed by atoms with Gasteiger partial charge in [-0.05, 0) is 24.3 Å². The molecule has 1 aromatic heterocycles. The average molecular weight is 242 g/mol. The molecule has 2 rings (SSSR count).